The number of hydrogen-bond donors (Lipinski definition) is 1. The van der Waals surface area contributed by atoms with E-state index in [0.29, 0.717) is 0 Å². The molecule has 0 aliphatic rings. The van der Waals surface area contributed by atoms with E-state index in [0.717, 1.165) is 36.4 Å². The zero-order chi connectivity index (χ0) is 12.9. The molecule has 0 radical (unpaired) electrons. The van der Waals surface area contributed by atoms with Gasteiger partial charge in [0.2, 0.25) is 0 Å². The Balaban J connectivity index is 1.56. The summed E-state index contributed by atoms with van der Waals surface area (Å²) in [5.74, 6) is 0. The molecule has 0 spiro atoms. The van der Waals surface area contributed by atoms with Crippen LogP contribution in [-0.4, -0.2) is 16.5 Å². The first-order chi connectivity index (χ1) is 9.42. The average Bonchev–Trinajstić information content (AvgIpc) is 2.97. The van der Waals surface area contributed by atoms with Gasteiger partial charge in [-0.15, -0.1) is 11.3 Å². The molecule has 1 N–H and O–H groups in total. The normalized spacial score (nSPS) is 10.9. The molecule has 2 aromatic heterocycles. The van der Waals surface area contributed by atoms with Gasteiger partial charge in [-0.1, -0.05) is 24.3 Å². The third-order valence-corrected chi connectivity index (χ3v) is 3.64. The number of benzene rings is 1. The largest absolute Gasteiger partial charge is 0.311 e. The standard InChI is InChI=1S/C15H15N3S/c1-2-4-15-12(3-1)5-6-13(18-15)9-16-8-7-14-10-19-11-17-14/h1-6,10-11,16H,7-9H2. The summed E-state index contributed by atoms with van der Waals surface area (Å²) in [6, 6.07) is 12.4. The summed E-state index contributed by atoms with van der Waals surface area (Å²) >= 11 is 1.64. The maximum absolute atomic E-state index is 4.63. The van der Waals surface area contributed by atoms with Crippen molar-refractivity contribution in [2.45, 2.75) is 13.0 Å². The van der Waals surface area contributed by atoms with Gasteiger partial charge >= 0.3 is 0 Å². The number of para-hydroxylation sites is 1. The smallest absolute Gasteiger partial charge is 0.0794 e. The third-order valence-electron chi connectivity index (χ3n) is 3.00. The molecule has 4 heteroatoms. The number of pyridine rings is 1. The highest BCUT2D eigenvalue weighted by Crippen LogP contribution is 2.11. The fourth-order valence-corrected chi connectivity index (χ4v) is 2.59. The van der Waals surface area contributed by atoms with Crippen molar-refractivity contribution in [3.05, 3.63) is 58.7 Å². The van der Waals surface area contributed by atoms with Crippen LogP contribution >= 0.6 is 11.3 Å². The second-order valence-electron chi connectivity index (χ2n) is 4.40. The number of thiazole rings is 1. The Morgan fingerprint density at radius 1 is 1.05 bits per heavy atom. The minimum Gasteiger partial charge on any atom is -0.311 e. The summed E-state index contributed by atoms with van der Waals surface area (Å²) in [6.45, 7) is 1.73. The van der Waals surface area contributed by atoms with E-state index >= 15 is 0 Å². The molecule has 0 bridgehead atoms. The Hall–Kier alpha value is -1.78. The minimum atomic E-state index is 0.801. The van der Waals surface area contributed by atoms with Crippen LogP contribution in [0.3, 0.4) is 0 Å². The summed E-state index contributed by atoms with van der Waals surface area (Å²) in [6.07, 6.45) is 0.969. The number of hydrogen-bond acceptors (Lipinski definition) is 4. The molecule has 3 rings (SSSR count). The van der Waals surface area contributed by atoms with E-state index in [1.165, 1.54) is 5.39 Å². The lowest BCUT2D eigenvalue weighted by atomic mass is 10.2. The number of nitrogens with zero attached hydrogens (tertiary/aromatic N) is 2. The lowest BCUT2D eigenvalue weighted by molar-refractivity contribution is 0.671. The van der Waals surface area contributed by atoms with Gasteiger partial charge in [0.15, 0.2) is 0 Å². The topological polar surface area (TPSA) is 37.8 Å². The van der Waals surface area contributed by atoms with Gasteiger partial charge in [-0.25, -0.2) is 4.98 Å². The third kappa shape index (κ3) is 3.16. The molecule has 0 amide bonds. The van der Waals surface area contributed by atoms with Crippen molar-refractivity contribution in [3.8, 4) is 0 Å². The molecule has 0 saturated heterocycles. The van der Waals surface area contributed by atoms with E-state index in [1.807, 2.05) is 23.7 Å². The summed E-state index contributed by atoms with van der Waals surface area (Å²) in [5, 5.41) is 6.69. The van der Waals surface area contributed by atoms with Crippen LogP contribution in [-0.2, 0) is 13.0 Å². The highest BCUT2D eigenvalue weighted by Gasteiger charge is 1.98. The maximum atomic E-state index is 4.63. The summed E-state index contributed by atoms with van der Waals surface area (Å²) in [4.78, 5) is 8.90. The summed E-state index contributed by atoms with van der Waals surface area (Å²) in [5.41, 5.74) is 5.17. The van der Waals surface area contributed by atoms with Crippen LogP contribution in [0.4, 0.5) is 0 Å². The van der Waals surface area contributed by atoms with E-state index in [4.69, 9.17) is 0 Å². The second-order valence-corrected chi connectivity index (χ2v) is 5.12. The molecule has 2 heterocycles. The van der Waals surface area contributed by atoms with Gasteiger partial charge in [-0.05, 0) is 12.1 Å². The molecule has 0 fully saturated rings. The summed E-state index contributed by atoms with van der Waals surface area (Å²) in [7, 11) is 0. The zero-order valence-corrected chi connectivity index (χ0v) is 11.4. The van der Waals surface area contributed by atoms with Gasteiger partial charge in [0.25, 0.3) is 0 Å². The average molecular weight is 269 g/mol. The molecule has 0 atom stereocenters. The van der Waals surface area contributed by atoms with E-state index in [2.05, 4.69) is 38.9 Å². The fourth-order valence-electron chi connectivity index (χ4n) is 2.00. The van der Waals surface area contributed by atoms with Crippen LogP contribution in [0.2, 0.25) is 0 Å². The van der Waals surface area contributed by atoms with Gasteiger partial charge in [0.05, 0.1) is 22.4 Å². The van der Waals surface area contributed by atoms with Crippen molar-refractivity contribution in [2.75, 3.05) is 6.54 Å². The van der Waals surface area contributed by atoms with Crippen LogP contribution in [0.5, 0.6) is 0 Å². The van der Waals surface area contributed by atoms with Crippen molar-refractivity contribution in [1.82, 2.24) is 15.3 Å². The molecule has 3 aromatic rings. The molecule has 96 valence electrons. The highest BCUT2D eigenvalue weighted by atomic mass is 32.1. The van der Waals surface area contributed by atoms with Gasteiger partial charge in [-0.3, -0.25) is 4.98 Å². The number of fused-ring (bicyclic) bond motifs is 1. The molecule has 0 saturated carbocycles. The van der Waals surface area contributed by atoms with Crippen LogP contribution in [0.1, 0.15) is 11.4 Å². The maximum Gasteiger partial charge on any atom is 0.0794 e. The molecule has 0 aliphatic heterocycles. The van der Waals surface area contributed by atoms with Gasteiger partial charge < -0.3 is 5.32 Å². The first-order valence-corrected chi connectivity index (χ1v) is 7.28. The minimum absolute atomic E-state index is 0.801. The van der Waals surface area contributed by atoms with Crippen LogP contribution < -0.4 is 5.32 Å². The first-order valence-electron chi connectivity index (χ1n) is 6.34. The van der Waals surface area contributed by atoms with E-state index in [9.17, 15) is 0 Å². The summed E-state index contributed by atoms with van der Waals surface area (Å²) < 4.78 is 0. The number of aromatic nitrogens is 2. The Labute approximate surface area is 116 Å². The monoisotopic (exact) mass is 269 g/mol. The Kier molecular flexibility index (Phi) is 3.81. The molecular weight excluding hydrogens is 254 g/mol. The predicted molar refractivity (Wildman–Crippen MR) is 79.3 cm³/mol. The van der Waals surface area contributed by atoms with Crippen molar-refractivity contribution >= 4 is 22.2 Å². The van der Waals surface area contributed by atoms with Gasteiger partial charge in [-0.2, -0.15) is 0 Å². The quantitative estimate of drug-likeness (QED) is 0.723. The molecule has 0 unspecified atom stereocenters. The zero-order valence-electron chi connectivity index (χ0n) is 10.5. The van der Waals surface area contributed by atoms with Crippen molar-refractivity contribution in [2.24, 2.45) is 0 Å². The molecule has 19 heavy (non-hydrogen) atoms. The Morgan fingerprint density at radius 2 is 2.00 bits per heavy atom. The van der Waals surface area contributed by atoms with Gasteiger partial charge in [0, 0.05) is 30.3 Å². The van der Waals surface area contributed by atoms with Crippen molar-refractivity contribution < 1.29 is 0 Å². The number of rotatable bonds is 5. The Bertz CT molecular complexity index is 649. The Morgan fingerprint density at radius 3 is 2.89 bits per heavy atom. The lowest BCUT2D eigenvalue weighted by Crippen LogP contribution is -2.17. The van der Waals surface area contributed by atoms with Crippen molar-refractivity contribution in [1.29, 1.82) is 0 Å². The van der Waals surface area contributed by atoms with E-state index < -0.39 is 0 Å². The SMILES string of the molecule is c1ccc2nc(CNCCc3cscn3)ccc2c1. The predicted octanol–water partition coefficient (Wildman–Crippen LogP) is 3.02. The van der Waals surface area contributed by atoms with E-state index in [-0.39, 0.29) is 0 Å². The van der Waals surface area contributed by atoms with E-state index in [1.54, 1.807) is 11.3 Å². The molecule has 1 aromatic carbocycles. The second kappa shape index (κ2) is 5.91. The number of nitrogens with one attached hydrogen (secondary N) is 1. The van der Waals surface area contributed by atoms with Gasteiger partial charge in [0.1, 0.15) is 0 Å². The molecular formula is C15H15N3S. The lowest BCUT2D eigenvalue weighted by Gasteiger charge is -2.04. The van der Waals surface area contributed by atoms with Crippen molar-refractivity contribution in [3.63, 3.8) is 0 Å². The van der Waals surface area contributed by atoms with Crippen LogP contribution in [0.15, 0.2) is 47.3 Å². The van der Waals surface area contributed by atoms with Crippen LogP contribution in [0, 0.1) is 0 Å². The molecule has 3 nitrogen and oxygen atoms in total. The molecule has 0 aliphatic carbocycles. The van der Waals surface area contributed by atoms with Crippen LogP contribution in [0.25, 0.3) is 10.9 Å². The fraction of sp³-hybridized carbons (Fsp3) is 0.200. The highest BCUT2D eigenvalue weighted by molar-refractivity contribution is 7.07. The first kappa shape index (κ1) is 12.3.